The van der Waals surface area contributed by atoms with Crippen molar-refractivity contribution in [1.29, 1.82) is 5.26 Å². The molecule has 0 radical (unpaired) electrons. The van der Waals surface area contributed by atoms with Crippen LogP contribution in [0.3, 0.4) is 0 Å². The molecule has 0 saturated carbocycles. The van der Waals surface area contributed by atoms with Crippen LogP contribution in [0.2, 0.25) is 0 Å². The first-order valence-electron chi connectivity index (χ1n) is 0.532. The van der Waals surface area contributed by atoms with Gasteiger partial charge in [-0.05, 0) is 0 Å². The summed E-state index contributed by atoms with van der Waals surface area (Å²) >= 11 is -1.56. The Hall–Kier alpha value is 0.398. The van der Waals surface area contributed by atoms with Crippen LogP contribution < -0.4 is 0 Å². The van der Waals surface area contributed by atoms with Crippen LogP contribution in [0.1, 0.15) is 0 Å². The predicted molar refractivity (Wildman–Crippen MR) is 11.9 cm³/mol. The van der Waals surface area contributed by atoms with E-state index in [1.165, 1.54) is 0 Å². The molecule has 0 bridgehead atoms. The summed E-state index contributed by atoms with van der Waals surface area (Å²) in [5.41, 5.74) is 0. The summed E-state index contributed by atoms with van der Waals surface area (Å²) in [6.07, 6.45) is 0. The Kier molecular flexibility index (Phi) is 47.0. The van der Waals surface area contributed by atoms with Gasteiger partial charge in [-0.25, -0.2) is 0 Å². The molecule has 0 amide bonds. The van der Waals surface area contributed by atoms with E-state index < -0.39 is 18.0 Å². The standard InChI is InChI=1S/CN.ClH.FH.Mo/c1-2;;;/h;2*1H;/q-1;;;+2/p-2. The summed E-state index contributed by atoms with van der Waals surface area (Å²) in [5.74, 6) is 0. The van der Waals surface area contributed by atoms with Gasteiger partial charge in [-0.2, -0.15) is 0 Å². The molecule has 30 valence electrons. The molecular weight excluding hydrogens is 176 g/mol. The van der Waals surface area contributed by atoms with E-state index in [4.69, 9.17) is 11.8 Å². The first kappa shape index (κ1) is 9.04. The van der Waals surface area contributed by atoms with Gasteiger partial charge in [-0.1, -0.05) is 0 Å². The zero-order valence-electron chi connectivity index (χ0n) is 2.11. The summed E-state index contributed by atoms with van der Waals surface area (Å²) in [5, 5.41) is 6.25. The van der Waals surface area contributed by atoms with Gasteiger partial charge in [-0.15, -0.1) is 0 Å². The summed E-state index contributed by atoms with van der Waals surface area (Å²) in [4.78, 5) is 0. The van der Waals surface area contributed by atoms with Crippen LogP contribution >= 0.6 is 9.42 Å². The number of nitrogens with zero attached hydrogens (tertiary/aromatic N) is 1. The first-order valence-corrected chi connectivity index (χ1v) is 3.88. The second-order valence-corrected chi connectivity index (χ2v) is 1.04. The van der Waals surface area contributed by atoms with E-state index in [0.29, 0.717) is 0 Å². The predicted octanol–water partition coefficient (Wildman–Crippen LogP) is 1.20. The maximum atomic E-state index is 10.2. The summed E-state index contributed by atoms with van der Waals surface area (Å²) in [7, 11) is 4.46. The molecule has 1 nitrogen and oxygen atoms in total. The molecule has 0 heterocycles. The normalized spacial score (nSPS) is 4.00. The fraction of sp³-hybridized carbons (Fsp3) is 0. The quantitative estimate of drug-likeness (QED) is 0.402. The fourth-order valence-electron chi connectivity index (χ4n) is 0. The third kappa shape index (κ3) is 159. The molecule has 0 spiro atoms. The molecule has 0 atom stereocenters. The van der Waals surface area contributed by atoms with E-state index >= 15 is 0 Å². The van der Waals surface area contributed by atoms with E-state index in [9.17, 15) is 3.16 Å². The van der Waals surface area contributed by atoms with Gasteiger partial charge in [0.25, 0.3) is 0 Å². The summed E-state index contributed by atoms with van der Waals surface area (Å²) in [6, 6.07) is 0. The molecule has 0 aromatic rings. The molecule has 4 heteroatoms. The number of hydrogen-bond acceptors (Lipinski definition) is 1. The van der Waals surface area contributed by atoms with E-state index in [0.717, 1.165) is 0 Å². The molecule has 0 aromatic carbocycles. The monoisotopic (exact) mass is 178 g/mol. The zero-order valence-corrected chi connectivity index (χ0v) is 4.87. The average Bonchev–Trinajstić information content (AvgIpc) is 1.46. The van der Waals surface area contributed by atoms with Crippen LogP contribution in [-0.2, 0) is 18.0 Å². The molecule has 0 aliphatic heterocycles. The Balaban J connectivity index is 0. The van der Waals surface area contributed by atoms with Crippen molar-refractivity contribution in [1.82, 2.24) is 0 Å². The van der Waals surface area contributed by atoms with Crippen molar-refractivity contribution < 1.29 is 21.2 Å². The van der Waals surface area contributed by atoms with Crippen LogP contribution in [0.15, 0.2) is 0 Å². The molecule has 0 fully saturated rings. The van der Waals surface area contributed by atoms with E-state index in [2.05, 4.69) is 9.42 Å². The van der Waals surface area contributed by atoms with Crippen molar-refractivity contribution in [2.24, 2.45) is 0 Å². The van der Waals surface area contributed by atoms with Crippen molar-refractivity contribution in [3.05, 3.63) is 6.57 Å². The molecule has 0 aliphatic rings. The van der Waals surface area contributed by atoms with Gasteiger partial charge in [0.2, 0.25) is 0 Å². The van der Waals surface area contributed by atoms with E-state index in [-0.39, 0.29) is 0 Å². The van der Waals surface area contributed by atoms with Crippen LogP contribution in [0.4, 0.5) is 3.16 Å². The second-order valence-electron chi connectivity index (χ2n) is 0.0583. The van der Waals surface area contributed by atoms with Crippen molar-refractivity contribution >= 4 is 9.42 Å². The second kappa shape index (κ2) is 26.0. The third-order valence-corrected chi connectivity index (χ3v) is 0. The molecule has 5 heavy (non-hydrogen) atoms. The van der Waals surface area contributed by atoms with Crippen LogP contribution in [0.25, 0.3) is 0 Å². The van der Waals surface area contributed by atoms with Crippen LogP contribution in [0.5, 0.6) is 0 Å². The summed E-state index contributed by atoms with van der Waals surface area (Å²) < 4.78 is 10.2. The van der Waals surface area contributed by atoms with Crippen molar-refractivity contribution in [3.63, 3.8) is 0 Å². The molecule has 0 rings (SSSR count). The molecule has 0 aliphatic carbocycles. The third-order valence-electron chi connectivity index (χ3n) is 0. The van der Waals surface area contributed by atoms with Crippen molar-refractivity contribution in [2.75, 3.05) is 0 Å². The minimum absolute atomic E-state index is 1.56. The Bertz CT molecular complexity index is 22.9. The van der Waals surface area contributed by atoms with Gasteiger partial charge in [0.05, 0.1) is 0 Å². The van der Waals surface area contributed by atoms with E-state index in [1.54, 1.807) is 0 Å². The van der Waals surface area contributed by atoms with Gasteiger partial charge in [-0.3, -0.25) is 0 Å². The minimum atomic E-state index is -1.56. The number of rotatable bonds is 0. The molecule has 0 aromatic heterocycles. The Morgan fingerprint density at radius 3 is 1.80 bits per heavy atom. The fourth-order valence-corrected chi connectivity index (χ4v) is 0. The van der Waals surface area contributed by atoms with Gasteiger partial charge < -0.3 is 11.8 Å². The van der Waals surface area contributed by atoms with Gasteiger partial charge in [0, 0.05) is 0 Å². The Morgan fingerprint density at radius 2 is 1.80 bits per heavy atom. The molecule has 0 saturated heterocycles. The summed E-state index contributed by atoms with van der Waals surface area (Å²) in [6.45, 7) is 4.75. The Labute approximate surface area is 42.8 Å². The average molecular weight is 176 g/mol. The zero-order chi connectivity index (χ0) is 4.71. The van der Waals surface area contributed by atoms with E-state index in [1.807, 2.05) is 0 Å². The number of hydrogen-bond donors (Lipinski definition) is 0. The maximum absolute atomic E-state index is 10.2. The topological polar surface area (TPSA) is 23.8 Å². The van der Waals surface area contributed by atoms with Gasteiger partial charge in [0.1, 0.15) is 0 Å². The van der Waals surface area contributed by atoms with Crippen molar-refractivity contribution in [2.45, 2.75) is 0 Å². The van der Waals surface area contributed by atoms with Crippen LogP contribution in [0, 0.1) is 11.8 Å². The van der Waals surface area contributed by atoms with Crippen LogP contribution in [-0.4, -0.2) is 0 Å². The van der Waals surface area contributed by atoms with Crippen molar-refractivity contribution in [3.8, 4) is 0 Å². The Morgan fingerprint density at radius 1 is 1.80 bits per heavy atom. The SMILES string of the molecule is [C-]#N.[F][Mo][Cl]. The van der Waals surface area contributed by atoms with Gasteiger partial charge >= 0.3 is 30.6 Å². The number of halogens is 2. The van der Waals surface area contributed by atoms with Gasteiger partial charge in [0.15, 0.2) is 0 Å². The molecule has 0 unspecified atom stereocenters. The molecule has 0 N–H and O–H groups in total. The molecular formula is CClFMoN-. The first-order chi connectivity index (χ1) is 2.41.